The summed E-state index contributed by atoms with van der Waals surface area (Å²) in [5.74, 6) is -0.540. The van der Waals surface area contributed by atoms with E-state index in [4.69, 9.17) is 5.73 Å². The van der Waals surface area contributed by atoms with E-state index in [1.807, 2.05) is 6.07 Å². The van der Waals surface area contributed by atoms with Crippen LogP contribution in [0.3, 0.4) is 0 Å². The summed E-state index contributed by atoms with van der Waals surface area (Å²) in [6.07, 6.45) is 2.69. The van der Waals surface area contributed by atoms with Gasteiger partial charge in [-0.3, -0.25) is 4.79 Å². The Labute approximate surface area is 113 Å². The second-order valence-corrected chi connectivity index (χ2v) is 4.82. The summed E-state index contributed by atoms with van der Waals surface area (Å²) in [6, 6.07) is 3.96. The molecule has 4 nitrogen and oxygen atoms in total. The average molecular weight is 271 g/mol. The summed E-state index contributed by atoms with van der Waals surface area (Å²) in [6.45, 7) is 0. The van der Waals surface area contributed by atoms with Crippen LogP contribution in [0, 0.1) is 0 Å². The lowest BCUT2D eigenvalue weighted by atomic mass is 9.84. The minimum Gasteiger partial charge on any atom is -0.507 e. The van der Waals surface area contributed by atoms with Crippen LogP contribution in [-0.4, -0.2) is 36.1 Å². The monoisotopic (exact) mass is 270 g/mol. The Bertz CT molecular complexity index is 461. The largest absolute Gasteiger partial charge is 0.507 e. The average Bonchev–Trinajstić information content (AvgIpc) is 2.27. The Kier molecular flexibility index (Phi) is 4.59. The molecule has 2 rings (SSSR count). The van der Waals surface area contributed by atoms with E-state index in [-0.39, 0.29) is 18.2 Å². The van der Waals surface area contributed by atoms with Gasteiger partial charge in [0.1, 0.15) is 5.75 Å². The van der Waals surface area contributed by atoms with Crippen molar-refractivity contribution in [1.82, 2.24) is 4.90 Å². The molecule has 1 aliphatic rings. The second kappa shape index (κ2) is 5.59. The van der Waals surface area contributed by atoms with Gasteiger partial charge in [-0.25, -0.2) is 0 Å². The number of carbonyl (C=O) groups excluding carboxylic acids is 1. The van der Waals surface area contributed by atoms with Crippen molar-refractivity contribution in [3.8, 4) is 5.75 Å². The lowest BCUT2D eigenvalue weighted by Crippen LogP contribution is -2.34. The normalized spacial score (nSPS) is 18.1. The first-order valence-corrected chi connectivity index (χ1v) is 5.80. The van der Waals surface area contributed by atoms with Crippen LogP contribution in [0.25, 0.3) is 0 Å². The zero-order valence-corrected chi connectivity index (χ0v) is 11.5. The van der Waals surface area contributed by atoms with Gasteiger partial charge in [-0.1, -0.05) is 6.07 Å². The molecule has 1 aliphatic carbocycles. The molecular formula is C13H19ClN2O2. The first-order valence-electron chi connectivity index (χ1n) is 5.80. The van der Waals surface area contributed by atoms with Crippen LogP contribution in [0.1, 0.15) is 27.9 Å². The van der Waals surface area contributed by atoms with E-state index in [1.165, 1.54) is 0 Å². The highest BCUT2D eigenvalue weighted by Crippen LogP contribution is 2.31. The third-order valence-corrected chi connectivity index (χ3v) is 3.55. The fraction of sp³-hybridized carbons (Fsp3) is 0.462. The number of amides is 1. The molecule has 3 N–H and O–H groups in total. The summed E-state index contributed by atoms with van der Waals surface area (Å²) in [5.41, 5.74) is 7.68. The Morgan fingerprint density at radius 1 is 1.44 bits per heavy atom. The van der Waals surface area contributed by atoms with Crippen molar-refractivity contribution >= 4 is 18.3 Å². The van der Waals surface area contributed by atoms with Crippen LogP contribution in [0.5, 0.6) is 5.75 Å². The van der Waals surface area contributed by atoms with Crippen molar-refractivity contribution < 1.29 is 9.90 Å². The quantitative estimate of drug-likeness (QED) is 0.852. The Morgan fingerprint density at radius 3 is 2.67 bits per heavy atom. The number of phenols is 1. The molecule has 0 saturated heterocycles. The van der Waals surface area contributed by atoms with E-state index in [0.29, 0.717) is 11.6 Å². The second-order valence-electron chi connectivity index (χ2n) is 4.82. The molecule has 0 bridgehead atoms. The topological polar surface area (TPSA) is 66.6 Å². The Hall–Kier alpha value is -1.26. The summed E-state index contributed by atoms with van der Waals surface area (Å²) < 4.78 is 0. The zero-order valence-electron chi connectivity index (χ0n) is 10.6. The van der Waals surface area contributed by atoms with Crippen molar-refractivity contribution in [1.29, 1.82) is 0 Å². The van der Waals surface area contributed by atoms with Gasteiger partial charge in [0.25, 0.3) is 5.91 Å². The number of halogens is 1. The molecule has 0 heterocycles. The highest BCUT2D eigenvalue weighted by Gasteiger charge is 2.25. The van der Waals surface area contributed by atoms with Gasteiger partial charge in [0, 0.05) is 6.04 Å². The third-order valence-electron chi connectivity index (χ3n) is 3.55. The van der Waals surface area contributed by atoms with Gasteiger partial charge in [0.05, 0.1) is 5.56 Å². The summed E-state index contributed by atoms with van der Waals surface area (Å²) in [7, 11) is 4.12. The number of carbonyl (C=O) groups is 1. The lowest BCUT2D eigenvalue weighted by molar-refractivity contribution is 0.0996. The molecule has 1 unspecified atom stereocenters. The number of likely N-dealkylation sites (N-methyl/N-ethyl adjacent to an activating group) is 1. The standard InChI is InChI=1S/C13H18N2O2.ClH/c1-15(2)9-4-5-10-8(7-9)3-6-11(16)12(10)13(14)17;/h3,6,9,16H,4-5,7H2,1-2H3,(H2,14,17);1H. The van der Waals surface area contributed by atoms with E-state index < -0.39 is 5.91 Å². The van der Waals surface area contributed by atoms with Crippen molar-refractivity contribution in [2.24, 2.45) is 5.73 Å². The highest BCUT2D eigenvalue weighted by molar-refractivity contribution is 5.97. The number of hydrogen-bond donors (Lipinski definition) is 2. The molecular weight excluding hydrogens is 252 g/mol. The summed E-state index contributed by atoms with van der Waals surface area (Å²) in [4.78, 5) is 13.6. The minimum atomic E-state index is -0.539. The summed E-state index contributed by atoms with van der Waals surface area (Å²) >= 11 is 0. The molecule has 0 fully saturated rings. The van der Waals surface area contributed by atoms with Gasteiger partial charge in [-0.2, -0.15) is 0 Å². The van der Waals surface area contributed by atoms with Gasteiger partial charge in [-0.05, 0) is 50.6 Å². The molecule has 0 saturated carbocycles. The van der Waals surface area contributed by atoms with Crippen LogP contribution in [0.2, 0.25) is 0 Å². The maximum absolute atomic E-state index is 11.4. The molecule has 1 aromatic carbocycles. The molecule has 5 heteroatoms. The molecule has 18 heavy (non-hydrogen) atoms. The van der Waals surface area contributed by atoms with E-state index in [9.17, 15) is 9.90 Å². The number of rotatable bonds is 2. The molecule has 0 aliphatic heterocycles. The van der Waals surface area contributed by atoms with Crippen LogP contribution >= 0.6 is 12.4 Å². The van der Waals surface area contributed by atoms with Crippen LogP contribution < -0.4 is 5.73 Å². The predicted octanol–water partition coefficient (Wildman–Crippen LogP) is 1.33. The molecule has 0 spiro atoms. The molecule has 1 aromatic rings. The molecule has 1 amide bonds. The molecule has 1 atom stereocenters. The first-order chi connectivity index (χ1) is 8.00. The fourth-order valence-corrected chi connectivity index (χ4v) is 2.54. The predicted molar refractivity (Wildman–Crippen MR) is 73.4 cm³/mol. The maximum atomic E-state index is 11.4. The number of nitrogens with zero attached hydrogens (tertiary/aromatic N) is 1. The van der Waals surface area contributed by atoms with E-state index in [1.54, 1.807) is 6.07 Å². The van der Waals surface area contributed by atoms with Crippen molar-refractivity contribution in [2.45, 2.75) is 25.3 Å². The number of fused-ring (bicyclic) bond motifs is 1. The Morgan fingerprint density at radius 2 is 2.11 bits per heavy atom. The summed E-state index contributed by atoms with van der Waals surface area (Å²) in [5, 5.41) is 9.70. The van der Waals surface area contributed by atoms with Gasteiger partial charge < -0.3 is 15.7 Å². The number of benzene rings is 1. The SMILES string of the molecule is CN(C)C1CCc2c(ccc(O)c2C(N)=O)C1.Cl. The van der Waals surface area contributed by atoms with Gasteiger partial charge in [0.15, 0.2) is 0 Å². The maximum Gasteiger partial charge on any atom is 0.252 e. The molecule has 100 valence electrons. The number of hydrogen-bond acceptors (Lipinski definition) is 3. The first kappa shape index (κ1) is 14.8. The van der Waals surface area contributed by atoms with Crippen LogP contribution in [0.15, 0.2) is 12.1 Å². The van der Waals surface area contributed by atoms with E-state index in [0.717, 1.165) is 30.4 Å². The zero-order chi connectivity index (χ0) is 12.6. The van der Waals surface area contributed by atoms with Gasteiger partial charge in [-0.15, -0.1) is 12.4 Å². The number of aromatic hydroxyl groups is 1. The van der Waals surface area contributed by atoms with E-state index in [2.05, 4.69) is 19.0 Å². The van der Waals surface area contributed by atoms with Crippen LogP contribution in [-0.2, 0) is 12.8 Å². The smallest absolute Gasteiger partial charge is 0.252 e. The third kappa shape index (κ3) is 2.60. The number of primary amides is 1. The van der Waals surface area contributed by atoms with E-state index >= 15 is 0 Å². The lowest BCUT2D eigenvalue weighted by Gasteiger charge is -2.30. The van der Waals surface area contributed by atoms with Crippen molar-refractivity contribution in [2.75, 3.05) is 14.1 Å². The van der Waals surface area contributed by atoms with Crippen molar-refractivity contribution in [3.63, 3.8) is 0 Å². The highest BCUT2D eigenvalue weighted by atomic mass is 35.5. The van der Waals surface area contributed by atoms with Crippen molar-refractivity contribution in [3.05, 3.63) is 28.8 Å². The molecule has 0 radical (unpaired) electrons. The van der Waals surface area contributed by atoms with Gasteiger partial charge >= 0.3 is 0 Å². The fourth-order valence-electron chi connectivity index (χ4n) is 2.54. The van der Waals surface area contributed by atoms with Gasteiger partial charge in [0.2, 0.25) is 0 Å². The Balaban J connectivity index is 0.00000162. The minimum absolute atomic E-state index is 0. The van der Waals surface area contributed by atoms with Crippen LogP contribution in [0.4, 0.5) is 0 Å². The molecule has 0 aromatic heterocycles. The number of nitrogens with two attached hydrogens (primary N) is 1.